The molecule has 0 bridgehead atoms. The molecule has 1 unspecified atom stereocenters. The van der Waals surface area contributed by atoms with Crippen LogP contribution in [0.5, 0.6) is 0 Å². The molecular formula is C15H13F4N. The van der Waals surface area contributed by atoms with E-state index in [-0.39, 0.29) is 18.4 Å². The highest BCUT2D eigenvalue weighted by molar-refractivity contribution is 5.23. The molecule has 20 heavy (non-hydrogen) atoms. The normalized spacial score (nSPS) is 12.4. The molecule has 0 spiro atoms. The number of nitrogens with two attached hydrogens (primary N) is 1. The lowest BCUT2D eigenvalue weighted by atomic mass is 9.99. The predicted molar refractivity (Wildman–Crippen MR) is 68.1 cm³/mol. The van der Waals surface area contributed by atoms with E-state index in [1.165, 1.54) is 6.07 Å². The molecule has 0 aliphatic carbocycles. The molecule has 0 aromatic heterocycles. The lowest BCUT2D eigenvalue weighted by molar-refractivity contribution is 0.531. The minimum Gasteiger partial charge on any atom is -0.327 e. The van der Waals surface area contributed by atoms with E-state index in [4.69, 9.17) is 5.73 Å². The van der Waals surface area contributed by atoms with Gasteiger partial charge in [0.25, 0.3) is 0 Å². The Kier molecular flexibility index (Phi) is 4.39. The Hall–Kier alpha value is -1.88. The standard InChI is InChI=1S/C15H13F4N/c16-10-4-9(5-11(17)7-10)6-12(20)8-13-14(18)2-1-3-15(13)19/h1-5,7,12H,6,8,20H2. The van der Waals surface area contributed by atoms with Gasteiger partial charge in [-0.3, -0.25) is 0 Å². The van der Waals surface area contributed by atoms with Crippen LogP contribution in [-0.4, -0.2) is 6.04 Å². The molecule has 2 aromatic carbocycles. The smallest absolute Gasteiger partial charge is 0.129 e. The number of benzene rings is 2. The molecule has 0 aliphatic heterocycles. The minimum absolute atomic E-state index is 0.0450. The number of halogens is 4. The lowest BCUT2D eigenvalue weighted by Gasteiger charge is -2.13. The van der Waals surface area contributed by atoms with Crippen molar-refractivity contribution in [3.8, 4) is 0 Å². The second-order valence-electron chi connectivity index (χ2n) is 4.65. The van der Waals surface area contributed by atoms with Crippen molar-refractivity contribution in [2.24, 2.45) is 5.73 Å². The van der Waals surface area contributed by atoms with Gasteiger partial charge in [-0.05, 0) is 42.7 Å². The van der Waals surface area contributed by atoms with Crippen LogP contribution in [0.2, 0.25) is 0 Å². The molecular weight excluding hydrogens is 270 g/mol. The second kappa shape index (κ2) is 6.05. The summed E-state index contributed by atoms with van der Waals surface area (Å²) in [4.78, 5) is 0. The molecule has 2 aromatic rings. The molecule has 0 amide bonds. The van der Waals surface area contributed by atoms with E-state index in [9.17, 15) is 17.6 Å². The van der Waals surface area contributed by atoms with Gasteiger partial charge >= 0.3 is 0 Å². The summed E-state index contributed by atoms with van der Waals surface area (Å²) in [6.45, 7) is 0. The van der Waals surface area contributed by atoms with E-state index >= 15 is 0 Å². The molecule has 0 saturated heterocycles. The van der Waals surface area contributed by atoms with Crippen molar-refractivity contribution in [1.82, 2.24) is 0 Å². The van der Waals surface area contributed by atoms with Crippen LogP contribution < -0.4 is 5.73 Å². The highest BCUT2D eigenvalue weighted by atomic mass is 19.1. The summed E-state index contributed by atoms with van der Waals surface area (Å²) in [5.41, 5.74) is 6.04. The van der Waals surface area contributed by atoms with Gasteiger partial charge in [-0.2, -0.15) is 0 Å². The van der Waals surface area contributed by atoms with Gasteiger partial charge in [0.1, 0.15) is 23.3 Å². The van der Waals surface area contributed by atoms with Crippen LogP contribution in [0.3, 0.4) is 0 Å². The summed E-state index contributed by atoms with van der Waals surface area (Å²) >= 11 is 0. The fraction of sp³-hybridized carbons (Fsp3) is 0.200. The van der Waals surface area contributed by atoms with Crippen LogP contribution in [0.25, 0.3) is 0 Å². The molecule has 2 N–H and O–H groups in total. The monoisotopic (exact) mass is 283 g/mol. The van der Waals surface area contributed by atoms with Gasteiger partial charge in [0.2, 0.25) is 0 Å². The maximum absolute atomic E-state index is 13.5. The van der Waals surface area contributed by atoms with Crippen LogP contribution >= 0.6 is 0 Å². The number of hydrogen-bond acceptors (Lipinski definition) is 1. The van der Waals surface area contributed by atoms with Gasteiger partial charge in [-0.1, -0.05) is 6.07 Å². The first-order chi connectivity index (χ1) is 9.45. The van der Waals surface area contributed by atoms with Gasteiger partial charge in [0.05, 0.1) is 0 Å². The van der Waals surface area contributed by atoms with Crippen molar-refractivity contribution in [3.63, 3.8) is 0 Å². The van der Waals surface area contributed by atoms with Crippen molar-refractivity contribution in [2.45, 2.75) is 18.9 Å². The molecule has 5 heteroatoms. The van der Waals surface area contributed by atoms with Crippen molar-refractivity contribution < 1.29 is 17.6 Å². The largest absolute Gasteiger partial charge is 0.327 e. The summed E-state index contributed by atoms with van der Waals surface area (Å²) in [6, 6.07) is 5.98. The Balaban J connectivity index is 2.11. The maximum atomic E-state index is 13.5. The zero-order chi connectivity index (χ0) is 14.7. The second-order valence-corrected chi connectivity index (χ2v) is 4.65. The summed E-state index contributed by atoms with van der Waals surface area (Å²) in [5, 5.41) is 0. The van der Waals surface area contributed by atoms with Crippen molar-refractivity contribution in [3.05, 3.63) is 70.8 Å². The third-order valence-electron chi connectivity index (χ3n) is 2.95. The predicted octanol–water partition coefficient (Wildman–Crippen LogP) is 3.36. The van der Waals surface area contributed by atoms with Crippen LogP contribution in [-0.2, 0) is 12.8 Å². The molecule has 0 radical (unpaired) electrons. The average molecular weight is 283 g/mol. The molecule has 2 rings (SSSR count). The molecule has 1 atom stereocenters. The summed E-state index contributed by atoms with van der Waals surface area (Å²) in [5.74, 6) is -2.76. The Morgan fingerprint density at radius 2 is 1.40 bits per heavy atom. The third-order valence-corrected chi connectivity index (χ3v) is 2.95. The molecule has 0 fully saturated rings. The van der Waals surface area contributed by atoms with Crippen LogP contribution in [0, 0.1) is 23.3 Å². The topological polar surface area (TPSA) is 26.0 Å². The first-order valence-corrected chi connectivity index (χ1v) is 6.09. The van der Waals surface area contributed by atoms with E-state index in [0.29, 0.717) is 5.56 Å². The van der Waals surface area contributed by atoms with Crippen molar-refractivity contribution in [1.29, 1.82) is 0 Å². The van der Waals surface area contributed by atoms with E-state index in [1.54, 1.807) is 0 Å². The highest BCUT2D eigenvalue weighted by Crippen LogP contribution is 2.16. The molecule has 106 valence electrons. The fourth-order valence-corrected chi connectivity index (χ4v) is 2.09. The first kappa shape index (κ1) is 14.5. The van der Waals surface area contributed by atoms with Gasteiger partial charge in [-0.15, -0.1) is 0 Å². The van der Waals surface area contributed by atoms with Gasteiger partial charge in [0, 0.05) is 17.7 Å². The lowest BCUT2D eigenvalue weighted by Crippen LogP contribution is -2.26. The SMILES string of the molecule is NC(Cc1cc(F)cc(F)c1)Cc1c(F)cccc1F. The van der Waals surface area contributed by atoms with E-state index in [2.05, 4.69) is 0 Å². The number of rotatable bonds is 4. The quantitative estimate of drug-likeness (QED) is 0.856. The summed E-state index contributed by atoms with van der Waals surface area (Å²) in [7, 11) is 0. The Bertz CT molecular complexity index is 572. The van der Waals surface area contributed by atoms with Crippen molar-refractivity contribution in [2.75, 3.05) is 0 Å². The number of hydrogen-bond donors (Lipinski definition) is 1. The van der Waals surface area contributed by atoms with Gasteiger partial charge in [-0.25, -0.2) is 17.6 Å². The summed E-state index contributed by atoms with van der Waals surface area (Å²) < 4.78 is 53.0. The Labute approximate surface area is 114 Å². The minimum atomic E-state index is -0.704. The van der Waals surface area contributed by atoms with E-state index in [1.807, 2.05) is 0 Å². The first-order valence-electron chi connectivity index (χ1n) is 6.09. The molecule has 0 aliphatic rings. The van der Waals surface area contributed by atoms with Crippen LogP contribution in [0.15, 0.2) is 36.4 Å². The average Bonchev–Trinajstić information content (AvgIpc) is 2.32. The molecule has 1 nitrogen and oxygen atoms in total. The zero-order valence-corrected chi connectivity index (χ0v) is 10.5. The molecule has 0 saturated carbocycles. The fourth-order valence-electron chi connectivity index (χ4n) is 2.09. The Morgan fingerprint density at radius 1 is 0.850 bits per heavy atom. The van der Waals surface area contributed by atoms with Gasteiger partial charge in [0.15, 0.2) is 0 Å². The third kappa shape index (κ3) is 3.57. The summed E-state index contributed by atoms with van der Waals surface area (Å²) in [6.07, 6.45) is 0.0824. The zero-order valence-electron chi connectivity index (χ0n) is 10.5. The highest BCUT2D eigenvalue weighted by Gasteiger charge is 2.14. The van der Waals surface area contributed by atoms with Crippen molar-refractivity contribution >= 4 is 0 Å². The van der Waals surface area contributed by atoms with E-state index in [0.717, 1.165) is 30.3 Å². The van der Waals surface area contributed by atoms with Gasteiger partial charge < -0.3 is 5.73 Å². The Morgan fingerprint density at radius 3 is 1.95 bits per heavy atom. The maximum Gasteiger partial charge on any atom is 0.129 e. The van der Waals surface area contributed by atoms with Crippen LogP contribution in [0.4, 0.5) is 17.6 Å². The van der Waals surface area contributed by atoms with E-state index < -0.39 is 29.3 Å². The van der Waals surface area contributed by atoms with Crippen LogP contribution in [0.1, 0.15) is 11.1 Å². The molecule has 0 heterocycles.